The molecule has 1 rings (SSSR count). The van der Waals surface area contributed by atoms with Crippen LogP contribution >= 0.6 is 0 Å². The molecule has 55 valence electrons. The summed E-state index contributed by atoms with van der Waals surface area (Å²) in [5.41, 5.74) is 0. The predicted octanol–water partition coefficient (Wildman–Crippen LogP) is 2.92. The first-order valence-corrected chi connectivity index (χ1v) is 3.42. The molecule has 0 amide bonds. The Morgan fingerprint density at radius 2 is 2.20 bits per heavy atom. The maximum absolute atomic E-state index is 3.60. The second-order valence-electron chi connectivity index (χ2n) is 1.86. The van der Waals surface area contributed by atoms with Crippen LogP contribution in [0.15, 0.2) is 18.2 Å². The van der Waals surface area contributed by atoms with Crippen LogP contribution in [0.3, 0.4) is 0 Å². The van der Waals surface area contributed by atoms with Crippen molar-refractivity contribution in [2.24, 2.45) is 0 Å². The van der Waals surface area contributed by atoms with Crippen molar-refractivity contribution in [3.8, 4) is 0 Å². The van der Waals surface area contributed by atoms with Gasteiger partial charge in [-0.15, -0.1) is 6.42 Å². The summed E-state index contributed by atoms with van der Waals surface area (Å²) in [5.74, 6) is 0. The van der Waals surface area contributed by atoms with Gasteiger partial charge in [-0.25, -0.2) is 12.2 Å². The molecule has 0 unspecified atom stereocenters. The summed E-state index contributed by atoms with van der Waals surface area (Å²) in [4.78, 5) is 0. The van der Waals surface area contributed by atoms with E-state index in [0.29, 0.717) is 0 Å². The van der Waals surface area contributed by atoms with Gasteiger partial charge in [0.2, 0.25) is 0 Å². The molecule has 0 N–H and O–H groups in total. The second-order valence-corrected chi connectivity index (χ2v) is 1.86. The zero-order valence-corrected chi connectivity index (χ0v) is 7.90. The third kappa shape index (κ3) is 10.9. The molecule has 0 spiro atoms. The topological polar surface area (TPSA) is 0 Å². The fraction of sp³-hybridized carbons (Fsp3) is 0.444. The van der Waals surface area contributed by atoms with Crippen molar-refractivity contribution < 1.29 is 18.6 Å². The molecule has 1 heteroatoms. The van der Waals surface area contributed by atoms with Gasteiger partial charge in [-0.05, 0) is 0 Å². The average molecular weight is 173 g/mol. The van der Waals surface area contributed by atoms with Crippen molar-refractivity contribution in [2.75, 3.05) is 0 Å². The minimum atomic E-state index is 0. The van der Waals surface area contributed by atoms with Gasteiger partial charge in [-0.1, -0.05) is 13.3 Å². The number of rotatable bonds is 1. The van der Waals surface area contributed by atoms with E-state index in [2.05, 4.69) is 26.0 Å². The largest absolute Gasteiger partial charge is 2.00 e. The van der Waals surface area contributed by atoms with Gasteiger partial charge in [0.15, 0.2) is 0 Å². The van der Waals surface area contributed by atoms with E-state index < -0.39 is 0 Å². The fourth-order valence-corrected chi connectivity index (χ4v) is 0.340. The second kappa shape index (κ2) is 11.8. The number of unbranched alkanes of at least 4 members (excludes halogenated alkanes) is 1. The summed E-state index contributed by atoms with van der Waals surface area (Å²) in [6.07, 6.45) is 12.3. The standard InChI is InChI=1S/C5H5.C4H9.V/c1-2-4-5-3-1;1-3-4-2;/h1-3H,4H2;1,3-4H2,2H3;/q2*-1;+2. The number of allylic oxidation sites excluding steroid dienone is 4. The molecule has 1 aliphatic rings. The van der Waals surface area contributed by atoms with Crippen LogP contribution in [0.5, 0.6) is 0 Å². The van der Waals surface area contributed by atoms with E-state index in [1.165, 1.54) is 6.42 Å². The molecule has 1 radical (unpaired) electrons. The molecule has 0 atom stereocenters. The van der Waals surface area contributed by atoms with E-state index >= 15 is 0 Å². The fourth-order valence-electron chi connectivity index (χ4n) is 0.340. The van der Waals surface area contributed by atoms with E-state index in [9.17, 15) is 0 Å². The van der Waals surface area contributed by atoms with Gasteiger partial charge >= 0.3 is 18.6 Å². The van der Waals surface area contributed by atoms with Gasteiger partial charge in [0, 0.05) is 0 Å². The molecule has 0 heterocycles. The van der Waals surface area contributed by atoms with Crippen LogP contribution in [0.1, 0.15) is 26.2 Å². The third-order valence-corrected chi connectivity index (χ3v) is 0.939. The zero-order chi connectivity index (χ0) is 6.95. The van der Waals surface area contributed by atoms with Crippen molar-refractivity contribution >= 4 is 0 Å². The molecule has 0 aromatic heterocycles. The van der Waals surface area contributed by atoms with E-state index in [-0.39, 0.29) is 18.6 Å². The van der Waals surface area contributed by atoms with Crippen LogP contribution in [0, 0.1) is 13.0 Å². The first kappa shape index (κ1) is 12.7. The minimum Gasteiger partial charge on any atom is -0.343 e. The monoisotopic (exact) mass is 173 g/mol. The van der Waals surface area contributed by atoms with Gasteiger partial charge in [-0.3, -0.25) is 6.08 Å². The number of hydrogen-bond donors (Lipinski definition) is 0. The molecule has 0 saturated carbocycles. The van der Waals surface area contributed by atoms with E-state index in [0.717, 1.165) is 12.8 Å². The summed E-state index contributed by atoms with van der Waals surface area (Å²) in [5, 5.41) is 0. The molecule has 0 aromatic carbocycles. The summed E-state index contributed by atoms with van der Waals surface area (Å²) < 4.78 is 0. The molecule has 0 fully saturated rings. The maximum atomic E-state index is 3.60. The van der Waals surface area contributed by atoms with E-state index in [1.807, 2.05) is 12.2 Å². The van der Waals surface area contributed by atoms with Crippen molar-refractivity contribution in [3.63, 3.8) is 0 Å². The molecule has 0 saturated heterocycles. The van der Waals surface area contributed by atoms with Gasteiger partial charge in [0.05, 0.1) is 0 Å². The van der Waals surface area contributed by atoms with Crippen LogP contribution in [0.2, 0.25) is 0 Å². The molecule has 0 bridgehead atoms. The van der Waals surface area contributed by atoms with Crippen LogP contribution in [0.4, 0.5) is 0 Å². The summed E-state index contributed by atoms with van der Waals surface area (Å²) >= 11 is 0. The third-order valence-electron chi connectivity index (χ3n) is 0.939. The average Bonchev–Trinajstić information content (AvgIpc) is 2.43. The number of hydrogen-bond acceptors (Lipinski definition) is 0. The van der Waals surface area contributed by atoms with Gasteiger partial charge in [0.1, 0.15) is 0 Å². The van der Waals surface area contributed by atoms with Crippen LogP contribution in [0.25, 0.3) is 0 Å². The van der Waals surface area contributed by atoms with Gasteiger partial charge < -0.3 is 6.92 Å². The summed E-state index contributed by atoms with van der Waals surface area (Å²) in [7, 11) is 0. The van der Waals surface area contributed by atoms with Crippen molar-refractivity contribution in [1.29, 1.82) is 0 Å². The molecule has 10 heavy (non-hydrogen) atoms. The molecular weight excluding hydrogens is 159 g/mol. The minimum absolute atomic E-state index is 0. The van der Waals surface area contributed by atoms with Gasteiger partial charge in [-0.2, -0.15) is 12.5 Å². The Kier molecular flexibility index (Phi) is 15.0. The normalized spacial score (nSPS) is 11.8. The Hall–Kier alpha value is 0.0644. The van der Waals surface area contributed by atoms with Crippen LogP contribution < -0.4 is 0 Å². The van der Waals surface area contributed by atoms with E-state index in [1.54, 1.807) is 0 Å². The van der Waals surface area contributed by atoms with Crippen molar-refractivity contribution in [3.05, 3.63) is 31.2 Å². The smallest absolute Gasteiger partial charge is 0.343 e. The Labute approximate surface area is 76.3 Å². The van der Waals surface area contributed by atoms with E-state index in [4.69, 9.17) is 0 Å². The van der Waals surface area contributed by atoms with Gasteiger partial charge in [0.25, 0.3) is 0 Å². The predicted molar refractivity (Wildman–Crippen MR) is 41.8 cm³/mol. The molecule has 0 aliphatic heterocycles. The first-order chi connectivity index (χ1) is 4.41. The first-order valence-electron chi connectivity index (χ1n) is 3.42. The quantitative estimate of drug-likeness (QED) is 0.535. The Balaban J connectivity index is 0. The van der Waals surface area contributed by atoms with Crippen molar-refractivity contribution in [2.45, 2.75) is 26.2 Å². The maximum Gasteiger partial charge on any atom is 2.00 e. The SMILES string of the molecule is [C-]1=CC=CC1.[CH2-]CCC.[V+2]. The van der Waals surface area contributed by atoms with Crippen LogP contribution in [-0.4, -0.2) is 0 Å². The van der Waals surface area contributed by atoms with Crippen LogP contribution in [-0.2, 0) is 18.6 Å². The molecule has 1 aliphatic carbocycles. The van der Waals surface area contributed by atoms with Crippen molar-refractivity contribution in [1.82, 2.24) is 0 Å². The Morgan fingerprint density at radius 1 is 1.60 bits per heavy atom. The molecule has 0 nitrogen and oxygen atoms in total. The molecule has 0 aromatic rings. The zero-order valence-electron chi connectivity index (χ0n) is 6.51. The Morgan fingerprint density at radius 3 is 2.30 bits per heavy atom. The summed E-state index contributed by atoms with van der Waals surface area (Å²) in [6.45, 7) is 5.72. The summed E-state index contributed by atoms with van der Waals surface area (Å²) in [6, 6.07) is 0. The molecular formula is C9H14V. The Bertz CT molecular complexity index is 80.9.